The summed E-state index contributed by atoms with van der Waals surface area (Å²) in [5.74, 6) is -0.820. The number of thiocarbonyl (C=S) groups is 1. The second kappa shape index (κ2) is 5.86. The summed E-state index contributed by atoms with van der Waals surface area (Å²) in [5, 5.41) is 11.9. The van der Waals surface area contributed by atoms with Gasteiger partial charge in [0.15, 0.2) is 5.69 Å². The van der Waals surface area contributed by atoms with E-state index < -0.39 is 5.97 Å². The fraction of sp³-hybridized carbons (Fsp3) is 0.500. The van der Waals surface area contributed by atoms with Gasteiger partial charge in [0.05, 0.1) is 16.4 Å². The molecule has 0 saturated heterocycles. The summed E-state index contributed by atoms with van der Waals surface area (Å²) >= 11 is 5.17. The smallest absolute Gasteiger partial charge is 0.356 e. The van der Waals surface area contributed by atoms with Gasteiger partial charge in [0, 0.05) is 11.8 Å². The third kappa shape index (κ3) is 2.48. The molecule has 0 spiro atoms. The highest BCUT2D eigenvalue weighted by molar-refractivity contribution is 7.80. The predicted octanol–water partition coefficient (Wildman–Crippen LogP) is 2.69. The van der Waals surface area contributed by atoms with Crippen LogP contribution < -0.4 is 5.32 Å². The summed E-state index contributed by atoms with van der Waals surface area (Å²) in [6.45, 7) is 7.97. The molecule has 2 heterocycles. The molecule has 0 fully saturated rings. The first-order valence-corrected chi connectivity index (χ1v) is 6.32. The van der Waals surface area contributed by atoms with Gasteiger partial charge in [0.1, 0.15) is 6.33 Å². The van der Waals surface area contributed by atoms with E-state index in [1.807, 2.05) is 27.7 Å². The van der Waals surface area contributed by atoms with Crippen LogP contribution in [-0.4, -0.2) is 26.0 Å². The topological polar surface area (TPSA) is 75.1 Å². The Kier molecular flexibility index (Phi) is 4.72. The minimum atomic E-state index is -1.07. The van der Waals surface area contributed by atoms with E-state index in [1.54, 1.807) is 0 Å². The minimum absolute atomic E-state index is 0.0221. The molecule has 5 nitrogen and oxygen atoms in total. The van der Waals surface area contributed by atoms with E-state index >= 15 is 0 Å². The van der Waals surface area contributed by atoms with Crippen molar-refractivity contribution in [1.29, 1.82) is 0 Å². The molecule has 2 atom stereocenters. The molecule has 6 heteroatoms. The Morgan fingerprint density at radius 1 is 1.33 bits per heavy atom. The minimum Gasteiger partial charge on any atom is -0.476 e. The average molecular weight is 267 g/mol. The van der Waals surface area contributed by atoms with Crippen LogP contribution in [0.4, 0.5) is 5.69 Å². The Labute approximate surface area is 112 Å². The maximum atomic E-state index is 11.0. The summed E-state index contributed by atoms with van der Waals surface area (Å²) in [7, 11) is 0. The molecular formula is C12H17N3O2S. The number of hydrogen-bond acceptors (Lipinski definition) is 4. The molecule has 1 aromatic heterocycles. The van der Waals surface area contributed by atoms with Crippen molar-refractivity contribution in [2.45, 2.75) is 33.6 Å². The van der Waals surface area contributed by atoms with E-state index in [0.29, 0.717) is 16.4 Å². The van der Waals surface area contributed by atoms with Crippen LogP contribution in [0.15, 0.2) is 6.33 Å². The van der Waals surface area contributed by atoms with Gasteiger partial charge in [-0.15, -0.1) is 0 Å². The van der Waals surface area contributed by atoms with Crippen LogP contribution >= 0.6 is 12.2 Å². The van der Waals surface area contributed by atoms with E-state index in [-0.39, 0.29) is 17.5 Å². The summed E-state index contributed by atoms with van der Waals surface area (Å²) < 4.78 is 0. The van der Waals surface area contributed by atoms with Gasteiger partial charge in [-0.25, -0.2) is 14.8 Å². The van der Waals surface area contributed by atoms with Crippen molar-refractivity contribution < 1.29 is 9.90 Å². The van der Waals surface area contributed by atoms with E-state index in [0.717, 1.165) is 0 Å². The van der Waals surface area contributed by atoms with Crippen molar-refractivity contribution in [2.24, 2.45) is 5.92 Å². The molecule has 0 aliphatic carbocycles. The highest BCUT2D eigenvalue weighted by Gasteiger charge is 2.31. The van der Waals surface area contributed by atoms with Gasteiger partial charge < -0.3 is 10.4 Å². The second-order valence-corrected chi connectivity index (χ2v) is 4.29. The number of aromatic carboxylic acids is 1. The lowest BCUT2D eigenvalue weighted by Crippen LogP contribution is -2.31. The zero-order chi connectivity index (χ0) is 13.9. The molecule has 1 aromatic rings. The first-order valence-electron chi connectivity index (χ1n) is 5.91. The molecule has 1 aliphatic rings. The van der Waals surface area contributed by atoms with Crippen molar-refractivity contribution in [1.82, 2.24) is 9.97 Å². The number of aromatic nitrogens is 2. The Hall–Kier alpha value is -1.56. The molecule has 0 radical (unpaired) electrons. The lowest BCUT2D eigenvalue weighted by atomic mass is 9.88. The van der Waals surface area contributed by atoms with Gasteiger partial charge in [0.25, 0.3) is 0 Å². The van der Waals surface area contributed by atoms with Crippen LogP contribution in [0, 0.1) is 5.92 Å². The summed E-state index contributed by atoms with van der Waals surface area (Å²) in [5.41, 5.74) is 1.13. The van der Waals surface area contributed by atoms with Crippen LogP contribution in [0.1, 0.15) is 49.8 Å². The number of rotatable bonds is 1. The number of carbonyl (C=O) groups is 1. The van der Waals surface area contributed by atoms with E-state index in [4.69, 9.17) is 17.3 Å². The zero-order valence-electron chi connectivity index (χ0n) is 10.9. The van der Waals surface area contributed by atoms with Gasteiger partial charge in [-0.2, -0.15) is 0 Å². The highest BCUT2D eigenvalue weighted by atomic mass is 32.1. The molecular weight excluding hydrogens is 250 g/mol. The van der Waals surface area contributed by atoms with Gasteiger partial charge in [0.2, 0.25) is 0 Å². The maximum absolute atomic E-state index is 11.0. The van der Waals surface area contributed by atoms with Crippen molar-refractivity contribution in [3.05, 3.63) is 17.7 Å². The van der Waals surface area contributed by atoms with Gasteiger partial charge >= 0.3 is 5.97 Å². The molecule has 0 aromatic carbocycles. The quantitative estimate of drug-likeness (QED) is 0.762. The SMILES string of the molecule is CC.CC1C(=S)Nc2c(C(=O)O)ncnc2[C@H]1C. The molecule has 98 valence electrons. The fourth-order valence-corrected chi connectivity index (χ4v) is 2.04. The first-order chi connectivity index (χ1) is 8.52. The van der Waals surface area contributed by atoms with Crippen molar-refractivity contribution >= 4 is 28.9 Å². The normalized spacial score (nSPS) is 21.2. The molecule has 0 amide bonds. The number of anilines is 1. The van der Waals surface area contributed by atoms with Gasteiger partial charge in [-0.05, 0) is 0 Å². The Morgan fingerprint density at radius 2 is 1.94 bits per heavy atom. The lowest BCUT2D eigenvalue weighted by molar-refractivity contribution is 0.0691. The molecule has 2 rings (SSSR count). The van der Waals surface area contributed by atoms with E-state index in [1.165, 1.54) is 6.33 Å². The molecule has 1 aliphatic heterocycles. The second-order valence-electron chi connectivity index (χ2n) is 3.85. The summed E-state index contributed by atoms with van der Waals surface area (Å²) in [6, 6.07) is 0. The number of nitrogens with zero attached hydrogens (tertiary/aromatic N) is 2. The number of carboxylic acids is 1. The lowest BCUT2D eigenvalue weighted by Gasteiger charge is -2.29. The summed E-state index contributed by atoms with van der Waals surface area (Å²) in [6.07, 6.45) is 1.28. The van der Waals surface area contributed by atoms with Crippen molar-refractivity contribution in [3.8, 4) is 0 Å². The standard InChI is InChI=1S/C10H11N3O2S.C2H6/c1-4-5(2)9(16)13-7-6(4)11-3-12-8(7)10(14)15;1-2/h3-5H,1-2H3,(H,13,16)(H,14,15);1-2H3/t4-,5?;/m0./s1. The Morgan fingerprint density at radius 3 is 2.50 bits per heavy atom. The number of hydrogen-bond donors (Lipinski definition) is 2. The number of carboxylic acid groups (broad SMARTS) is 1. The average Bonchev–Trinajstić information content (AvgIpc) is 2.38. The van der Waals surface area contributed by atoms with E-state index in [9.17, 15) is 4.79 Å². The monoisotopic (exact) mass is 267 g/mol. The molecule has 0 bridgehead atoms. The first kappa shape index (κ1) is 14.5. The largest absolute Gasteiger partial charge is 0.476 e. The Balaban J connectivity index is 0.000000771. The third-order valence-electron chi connectivity index (χ3n) is 2.92. The molecule has 1 unspecified atom stereocenters. The van der Waals surface area contributed by atoms with Crippen LogP contribution in [0.3, 0.4) is 0 Å². The summed E-state index contributed by atoms with van der Waals surface area (Å²) in [4.78, 5) is 19.5. The van der Waals surface area contributed by atoms with Crippen LogP contribution in [-0.2, 0) is 0 Å². The van der Waals surface area contributed by atoms with Crippen molar-refractivity contribution in [3.63, 3.8) is 0 Å². The zero-order valence-corrected chi connectivity index (χ0v) is 11.7. The highest BCUT2D eigenvalue weighted by Crippen LogP contribution is 2.35. The van der Waals surface area contributed by atoms with Crippen LogP contribution in [0.25, 0.3) is 0 Å². The van der Waals surface area contributed by atoms with Crippen LogP contribution in [0.2, 0.25) is 0 Å². The van der Waals surface area contributed by atoms with Crippen molar-refractivity contribution in [2.75, 3.05) is 5.32 Å². The van der Waals surface area contributed by atoms with E-state index in [2.05, 4.69) is 15.3 Å². The fourth-order valence-electron chi connectivity index (χ4n) is 1.73. The van der Waals surface area contributed by atoms with Gasteiger partial charge in [-0.1, -0.05) is 39.9 Å². The molecule has 2 N–H and O–H groups in total. The number of nitrogens with one attached hydrogen (secondary N) is 1. The Bertz CT molecular complexity index is 476. The number of fused-ring (bicyclic) bond motifs is 1. The van der Waals surface area contributed by atoms with Crippen LogP contribution in [0.5, 0.6) is 0 Å². The third-order valence-corrected chi connectivity index (χ3v) is 3.40. The predicted molar refractivity (Wildman–Crippen MR) is 74.1 cm³/mol. The van der Waals surface area contributed by atoms with Gasteiger partial charge in [-0.3, -0.25) is 0 Å². The molecule has 18 heavy (non-hydrogen) atoms. The maximum Gasteiger partial charge on any atom is 0.356 e. The molecule has 0 saturated carbocycles.